The highest BCUT2D eigenvalue weighted by Gasteiger charge is 2.14. The molecule has 0 amide bonds. The molecule has 0 saturated carbocycles. The Hall–Kier alpha value is -3.01. The Morgan fingerprint density at radius 3 is 2.64 bits per heavy atom. The van der Waals surface area contributed by atoms with Crippen molar-refractivity contribution in [2.45, 2.75) is 31.0 Å². The van der Waals surface area contributed by atoms with E-state index in [9.17, 15) is 8.78 Å². The highest BCUT2D eigenvalue weighted by Crippen LogP contribution is 2.27. The molecule has 7 nitrogen and oxygen atoms in total. The molecule has 0 atom stereocenters. The van der Waals surface area contributed by atoms with Crippen molar-refractivity contribution >= 4 is 22.8 Å². The van der Waals surface area contributed by atoms with Crippen LogP contribution in [-0.4, -0.2) is 36.4 Å². The monoisotopic (exact) mass is 402 g/mol. The Kier molecular flexibility index (Phi) is 5.20. The third-order valence-corrected chi connectivity index (χ3v) is 5.08. The van der Waals surface area contributed by atoms with Gasteiger partial charge in [0.2, 0.25) is 0 Å². The van der Waals surface area contributed by atoms with Gasteiger partial charge in [-0.3, -0.25) is 0 Å². The Morgan fingerprint density at radius 1 is 1.11 bits per heavy atom. The molecule has 0 saturated heterocycles. The van der Waals surface area contributed by atoms with Gasteiger partial charge in [0.05, 0.1) is 22.5 Å². The lowest BCUT2D eigenvalue weighted by atomic mass is 10.3. The van der Waals surface area contributed by atoms with Crippen molar-refractivity contribution in [1.29, 1.82) is 0 Å². The SMILES string of the molecule is CCn1c(SCc2nnnn2-c2ccc(OC(F)F)cc2)nc2ccccc21. The fourth-order valence-electron chi connectivity index (χ4n) is 2.86. The quantitative estimate of drug-likeness (QED) is 0.436. The molecule has 2 aromatic carbocycles. The lowest BCUT2D eigenvalue weighted by Gasteiger charge is -2.08. The number of hydrogen-bond donors (Lipinski definition) is 0. The van der Waals surface area contributed by atoms with Gasteiger partial charge in [0.1, 0.15) is 5.75 Å². The van der Waals surface area contributed by atoms with E-state index >= 15 is 0 Å². The molecule has 2 aromatic heterocycles. The van der Waals surface area contributed by atoms with Gasteiger partial charge in [-0.2, -0.15) is 13.5 Å². The third kappa shape index (κ3) is 3.68. The van der Waals surface area contributed by atoms with E-state index in [2.05, 4.69) is 36.7 Å². The Labute approximate surface area is 163 Å². The van der Waals surface area contributed by atoms with Gasteiger partial charge in [-0.15, -0.1) is 5.10 Å². The molecule has 0 N–H and O–H groups in total. The Morgan fingerprint density at radius 2 is 1.89 bits per heavy atom. The normalized spacial score (nSPS) is 11.4. The van der Waals surface area contributed by atoms with Gasteiger partial charge >= 0.3 is 6.61 Å². The number of hydrogen-bond acceptors (Lipinski definition) is 6. The van der Waals surface area contributed by atoms with E-state index in [0.717, 1.165) is 22.7 Å². The zero-order chi connectivity index (χ0) is 19.5. The predicted octanol–water partition coefficient (Wildman–Crippen LogP) is 3.93. The highest BCUT2D eigenvalue weighted by molar-refractivity contribution is 7.98. The predicted molar refractivity (Wildman–Crippen MR) is 101 cm³/mol. The molecule has 4 rings (SSSR count). The minimum atomic E-state index is -2.86. The molecule has 0 aliphatic heterocycles. The number of thioether (sulfide) groups is 1. The number of halogens is 2. The summed E-state index contributed by atoms with van der Waals surface area (Å²) in [7, 11) is 0. The molecule has 144 valence electrons. The van der Waals surface area contributed by atoms with Gasteiger partial charge < -0.3 is 9.30 Å². The summed E-state index contributed by atoms with van der Waals surface area (Å²) < 4.78 is 32.7. The van der Waals surface area contributed by atoms with E-state index in [1.165, 1.54) is 12.1 Å². The minimum absolute atomic E-state index is 0.0828. The summed E-state index contributed by atoms with van der Waals surface area (Å²) in [6, 6.07) is 14.2. The third-order valence-electron chi connectivity index (χ3n) is 4.11. The number of tetrazole rings is 1. The average molecular weight is 402 g/mol. The molecule has 10 heteroatoms. The summed E-state index contributed by atoms with van der Waals surface area (Å²) in [5.74, 6) is 1.22. The number of imidazole rings is 1. The number of fused-ring (bicyclic) bond motifs is 1. The first-order chi connectivity index (χ1) is 13.7. The lowest BCUT2D eigenvalue weighted by Crippen LogP contribution is -2.04. The minimum Gasteiger partial charge on any atom is -0.435 e. The number of nitrogens with zero attached hydrogens (tertiary/aromatic N) is 6. The zero-order valence-electron chi connectivity index (χ0n) is 14.9. The zero-order valence-corrected chi connectivity index (χ0v) is 15.7. The molecule has 2 heterocycles. The number of alkyl halides is 2. The van der Waals surface area contributed by atoms with Crippen LogP contribution < -0.4 is 4.74 Å². The molecular weight excluding hydrogens is 386 g/mol. The second-order valence-electron chi connectivity index (χ2n) is 5.80. The lowest BCUT2D eigenvalue weighted by molar-refractivity contribution is -0.0498. The summed E-state index contributed by atoms with van der Waals surface area (Å²) in [5, 5.41) is 12.7. The van der Waals surface area contributed by atoms with E-state index in [-0.39, 0.29) is 5.75 Å². The molecule has 28 heavy (non-hydrogen) atoms. The number of aromatic nitrogens is 6. The number of rotatable bonds is 7. The van der Waals surface area contributed by atoms with Crippen molar-refractivity contribution in [2.24, 2.45) is 0 Å². The maximum atomic E-state index is 12.3. The van der Waals surface area contributed by atoms with Crippen molar-refractivity contribution in [3.8, 4) is 11.4 Å². The second kappa shape index (κ2) is 7.93. The summed E-state index contributed by atoms with van der Waals surface area (Å²) in [5.41, 5.74) is 2.69. The van der Waals surface area contributed by atoms with Crippen molar-refractivity contribution in [1.82, 2.24) is 29.8 Å². The molecule has 0 radical (unpaired) electrons. The molecule has 4 aromatic rings. The summed E-state index contributed by atoms with van der Waals surface area (Å²) in [4.78, 5) is 4.69. The Bertz CT molecular complexity index is 1080. The average Bonchev–Trinajstić information content (AvgIpc) is 3.30. The van der Waals surface area contributed by atoms with Gasteiger partial charge in [0, 0.05) is 6.54 Å². The molecular formula is C18H16F2N6OS. The van der Waals surface area contributed by atoms with Crippen molar-refractivity contribution in [3.63, 3.8) is 0 Å². The number of para-hydroxylation sites is 2. The van der Waals surface area contributed by atoms with Crippen LogP contribution in [-0.2, 0) is 12.3 Å². The van der Waals surface area contributed by atoms with Gasteiger partial charge in [0.15, 0.2) is 11.0 Å². The largest absolute Gasteiger partial charge is 0.435 e. The standard InChI is InChI=1S/C18H16F2N6OS/c1-2-25-15-6-4-3-5-14(15)21-18(25)28-11-16-22-23-24-26(16)12-7-9-13(10-8-12)27-17(19)20/h3-10,17H,2,11H2,1H3. The van der Waals surface area contributed by atoms with E-state index in [0.29, 0.717) is 17.3 Å². The molecule has 0 bridgehead atoms. The molecule has 0 fully saturated rings. The van der Waals surface area contributed by atoms with E-state index in [1.807, 2.05) is 24.3 Å². The van der Waals surface area contributed by atoms with Crippen LogP contribution in [0.4, 0.5) is 8.78 Å². The maximum absolute atomic E-state index is 12.3. The van der Waals surface area contributed by atoms with Crippen LogP contribution in [0, 0.1) is 0 Å². The summed E-state index contributed by atoms with van der Waals surface area (Å²) >= 11 is 1.54. The van der Waals surface area contributed by atoms with Crippen LogP contribution in [0.15, 0.2) is 53.7 Å². The van der Waals surface area contributed by atoms with Gasteiger partial charge in [-0.1, -0.05) is 23.9 Å². The van der Waals surface area contributed by atoms with Crippen molar-refractivity contribution in [2.75, 3.05) is 0 Å². The molecule has 0 aliphatic carbocycles. The first-order valence-corrected chi connectivity index (χ1v) is 9.55. The van der Waals surface area contributed by atoms with E-state index in [4.69, 9.17) is 0 Å². The first-order valence-electron chi connectivity index (χ1n) is 8.56. The van der Waals surface area contributed by atoms with Gasteiger partial charge in [-0.05, 0) is 53.7 Å². The van der Waals surface area contributed by atoms with Gasteiger partial charge in [0.25, 0.3) is 0 Å². The fourth-order valence-corrected chi connectivity index (χ4v) is 3.85. The number of benzene rings is 2. The van der Waals surface area contributed by atoms with E-state index < -0.39 is 6.61 Å². The van der Waals surface area contributed by atoms with Crippen LogP contribution in [0.1, 0.15) is 12.7 Å². The summed E-state index contributed by atoms with van der Waals surface area (Å²) in [6.07, 6.45) is 0. The second-order valence-corrected chi connectivity index (χ2v) is 6.74. The molecule has 0 aliphatic rings. The summed E-state index contributed by atoms with van der Waals surface area (Å²) in [6.45, 7) is 0.0219. The molecule has 0 unspecified atom stereocenters. The van der Waals surface area contributed by atoms with E-state index in [1.54, 1.807) is 28.6 Å². The fraction of sp³-hybridized carbons (Fsp3) is 0.222. The number of aryl methyl sites for hydroxylation is 1. The van der Waals surface area contributed by atoms with Crippen LogP contribution in [0.25, 0.3) is 16.7 Å². The van der Waals surface area contributed by atoms with Crippen LogP contribution in [0.5, 0.6) is 5.75 Å². The number of ether oxygens (including phenoxy) is 1. The van der Waals surface area contributed by atoms with Crippen molar-refractivity contribution < 1.29 is 13.5 Å². The van der Waals surface area contributed by atoms with Crippen molar-refractivity contribution in [3.05, 3.63) is 54.4 Å². The topological polar surface area (TPSA) is 70.7 Å². The smallest absolute Gasteiger partial charge is 0.387 e. The van der Waals surface area contributed by atoms with Crippen LogP contribution >= 0.6 is 11.8 Å². The maximum Gasteiger partial charge on any atom is 0.387 e. The van der Waals surface area contributed by atoms with Gasteiger partial charge in [-0.25, -0.2) is 4.98 Å². The Balaban J connectivity index is 1.54. The highest BCUT2D eigenvalue weighted by atomic mass is 32.2. The molecule has 0 spiro atoms. The van der Waals surface area contributed by atoms with Crippen LogP contribution in [0.3, 0.4) is 0 Å². The first kappa shape index (κ1) is 18.4. The van der Waals surface area contributed by atoms with Crippen LogP contribution in [0.2, 0.25) is 0 Å².